The first-order valence-corrected chi connectivity index (χ1v) is 8.61. The highest BCUT2D eigenvalue weighted by atomic mass is 32.2. The molecule has 1 fully saturated rings. The second-order valence-electron chi connectivity index (χ2n) is 5.51. The minimum atomic E-state index is -3.11. The zero-order valence-corrected chi connectivity index (χ0v) is 13.3. The summed E-state index contributed by atoms with van der Waals surface area (Å²) in [6.07, 6.45) is 1.25. The molecular formula is C12H23N5O2S. The molecule has 20 heavy (non-hydrogen) atoms. The van der Waals surface area contributed by atoms with Crippen LogP contribution in [0, 0.1) is 6.92 Å². The van der Waals surface area contributed by atoms with Crippen LogP contribution in [0.4, 0.5) is 11.5 Å². The molecule has 0 bridgehead atoms. The Balaban J connectivity index is 2.23. The fourth-order valence-corrected chi connectivity index (χ4v) is 3.28. The van der Waals surface area contributed by atoms with Gasteiger partial charge < -0.3 is 10.6 Å². The molecule has 2 heterocycles. The first-order valence-electron chi connectivity index (χ1n) is 6.76. The zero-order chi connectivity index (χ0) is 15.1. The molecule has 2 rings (SSSR count). The monoisotopic (exact) mass is 301 g/mol. The first kappa shape index (κ1) is 15.1. The van der Waals surface area contributed by atoms with E-state index < -0.39 is 10.0 Å². The van der Waals surface area contributed by atoms with Crippen molar-refractivity contribution in [3.8, 4) is 0 Å². The van der Waals surface area contributed by atoms with Gasteiger partial charge in [-0.05, 0) is 20.8 Å². The number of nitrogens with two attached hydrogens (primary N) is 1. The summed E-state index contributed by atoms with van der Waals surface area (Å²) in [5.41, 5.74) is 7.64. The third kappa shape index (κ3) is 2.76. The average molecular weight is 301 g/mol. The molecule has 1 aliphatic rings. The van der Waals surface area contributed by atoms with Crippen LogP contribution in [0.5, 0.6) is 0 Å². The lowest BCUT2D eigenvalue weighted by molar-refractivity contribution is 0.382. The van der Waals surface area contributed by atoms with E-state index >= 15 is 0 Å². The van der Waals surface area contributed by atoms with Gasteiger partial charge in [0.1, 0.15) is 0 Å². The maximum atomic E-state index is 11.5. The van der Waals surface area contributed by atoms with Crippen LogP contribution < -0.4 is 10.6 Å². The highest BCUT2D eigenvalue weighted by molar-refractivity contribution is 7.88. The van der Waals surface area contributed by atoms with E-state index in [2.05, 4.69) is 23.8 Å². The molecular weight excluding hydrogens is 278 g/mol. The molecule has 1 aliphatic heterocycles. The molecule has 0 spiro atoms. The van der Waals surface area contributed by atoms with E-state index in [1.807, 2.05) is 11.6 Å². The summed E-state index contributed by atoms with van der Waals surface area (Å²) in [4.78, 5) is 2.12. The fourth-order valence-electron chi connectivity index (χ4n) is 2.45. The second kappa shape index (κ2) is 5.25. The molecule has 7 nitrogen and oxygen atoms in total. The maximum absolute atomic E-state index is 11.5. The van der Waals surface area contributed by atoms with Crippen LogP contribution in [0.15, 0.2) is 0 Å². The smallest absolute Gasteiger partial charge is 0.211 e. The normalized spacial score (nSPS) is 17.9. The van der Waals surface area contributed by atoms with Crippen molar-refractivity contribution < 1.29 is 8.42 Å². The topological polar surface area (TPSA) is 84.5 Å². The zero-order valence-electron chi connectivity index (χ0n) is 12.5. The van der Waals surface area contributed by atoms with Crippen LogP contribution in [0.25, 0.3) is 0 Å². The summed E-state index contributed by atoms with van der Waals surface area (Å²) in [6.45, 7) is 8.25. The Labute approximate surface area is 120 Å². The van der Waals surface area contributed by atoms with Gasteiger partial charge in [0.2, 0.25) is 10.0 Å². The summed E-state index contributed by atoms with van der Waals surface area (Å²) >= 11 is 0. The quantitative estimate of drug-likeness (QED) is 0.875. The van der Waals surface area contributed by atoms with Crippen molar-refractivity contribution in [3.05, 3.63) is 5.69 Å². The Hall–Kier alpha value is -1.28. The number of nitrogen functional groups attached to an aromatic ring is 1. The van der Waals surface area contributed by atoms with Crippen molar-refractivity contribution in [1.29, 1.82) is 0 Å². The number of sulfonamides is 1. The van der Waals surface area contributed by atoms with E-state index in [1.54, 1.807) is 0 Å². The van der Waals surface area contributed by atoms with Crippen LogP contribution in [-0.4, -0.2) is 54.9 Å². The van der Waals surface area contributed by atoms with Crippen molar-refractivity contribution in [2.45, 2.75) is 26.8 Å². The summed E-state index contributed by atoms with van der Waals surface area (Å²) in [6, 6.07) is 0.217. The fraction of sp³-hybridized carbons (Fsp3) is 0.750. The van der Waals surface area contributed by atoms with Crippen LogP contribution in [0.2, 0.25) is 0 Å². The molecule has 2 N–H and O–H groups in total. The third-order valence-electron chi connectivity index (χ3n) is 3.60. The van der Waals surface area contributed by atoms with Crippen LogP contribution >= 0.6 is 0 Å². The molecule has 1 aromatic heterocycles. The van der Waals surface area contributed by atoms with Crippen LogP contribution in [0.3, 0.4) is 0 Å². The van der Waals surface area contributed by atoms with E-state index in [-0.39, 0.29) is 6.04 Å². The number of aromatic nitrogens is 2. The number of aryl methyl sites for hydroxylation is 1. The lowest BCUT2D eigenvalue weighted by Gasteiger charge is -2.35. The third-order valence-corrected chi connectivity index (χ3v) is 4.90. The summed E-state index contributed by atoms with van der Waals surface area (Å²) in [7, 11) is -3.11. The van der Waals surface area contributed by atoms with Gasteiger partial charge in [0.05, 0.1) is 17.6 Å². The van der Waals surface area contributed by atoms with Crippen molar-refractivity contribution in [3.63, 3.8) is 0 Å². The lowest BCUT2D eigenvalue weighted by Crippen LogP contribution is -2.49. The Bertz CT molecular complexity index is 585. The van der Waals surface area contributed by atoms with Gasteiger partial charge in [-0.25, -0.2) is 13.1 Å². The van der Waals surface area contributed by atoms with Gasteiger partial charge in [0.25, 0.3) is 0 Å². The Kier molecular flexibility index (Phi) is 3.97. The number of anilines is 2. The van der Waals surface area contributed by atoms with Gasteiger partial charge in [-0.1, -0.05) is 0 Å². The van der Waals surface area contributed by atoms with Gasteiger partial charge in [0.15, 0.2) is 5.82 Å². The molecule has 0 radical (unpaired) electrons. The number of hydrogen-bond donors (Lipinski definition) is 1. The SMILES string of the molecule is Cc1nn(C(C)C)c(N2CCN(S(C)(=O)=O)CC2)c1N. The minimum absolute atomic E-state index is 0.217. The first-order chi connectivity index (χ1) is 9.21. The summed E-state index contributed by atoms with van der Waals surface area (Å²) < 4.78 is 26.5. The second-order valence-corrected chi connectivity index (χ2v) is 7.49. The number of piperazine rings is 1. The average Bonchev–Trinajstić information content (AvgIpc) is 2.65. The molecule has 0 unspecified atom stereocenters. The molecule has 0 amide bonds. The molecule has 0 atom stereocenters. The maximum Gasteiger partial charge on any atom is 0.211 e. The summed E-state index contributed by atoms with van der Waals surface area (Å²) in [5, 5.41) is 4.47. The van der Waals surface area contributed by atoms with Crippen molar-refractivity contribution in [1.82, 2.24) is 14.1 Å². The van der Waals surface area contributed by atoms with E-state index in [1.165, 1.54) is 10.6 Å². The lowest BCUT2D eigenvalue weighted by atomic mass is 10.3. The molecule has 8 heteroatoms. The van der Waals surface area contributed by atoms with E-state index in [9.17, 15) is 8.42 Å². The van der Waals surface area contributed by atoms with Gasteiger partial charge in [-0.15, -0.1) is 0 Å². The van der Waals surface area contributed by atoms with Crippen molar-refractivity contribution in [2.24, 2.45) is 0 Å². The molecule has 114 valence electrons. The predicted octanol–water partition coefficient (Wildman–Crippen LogP) is 0.436. The highest BCUT2D eigenvalue weighted by Crippen LogP contribution is 2.30. The number of rotatable bonds is 3. The van der Waals surface area contributed by atoms with E-state index in [4.69, 9.17) is 5.73 Å². The minimum Gasteiger partial charge on any atom is -0.394 e. The van der Waals surface area contributed by atoms with Gasteiger partial charge in [-0.2, -0.15) is 9.40 Å². The van der Waals surface area contributed by atoms with Gasteiger partial charge >= 0.3 is 0 Å². The Morgan fingerprint density at radius 3 is 2.20 bits per heavy atom. The van der Waals surface area contributed by atoms with Gasteiger partial charge in [-0.3, -0.25) is 0 Å². The molecule has 1 aromatic rings. The largest absolute Gasteiger partial charge is 0.394 e. The van der Waals surface area contributed by atoms with Crippen molar-refractivity contribution in [2.75, 3.05) is 43.1 Å². The van der Waals surface area contributed by atoms with E-state index in [0.717, 1.165) is 11.5 Å². The molecule has 0 aliphatic carbocycles. The Morgan fingerprint density at radius 1 is 1.20 bits per heavy atom. The van der Waals surface area contributed by atoms with Crippen LogP contribution in [-0.2, 0) is 10.0 Å². The van der Waals surface area contributed by atoms with Gasteiger partial charge in [0, 0.05) is 32.2 Å². The number of nitrogens with zero attached hydrogens (tertiary/aromatic N) is 4. The molecule has 1 saturated heterocycles. The molecule has 0 aromatic carbocycles. The Morgan fingerprint density at radius 2 is 1.75 bits per heavy atom. The molecule has 0 saturated carbocycles. The standard InChI is InChI=1S/C12H23N5O2S/c1-9(2)17-12(11(13)10(3)14-17)15-5-7-16(8-6-15)20(4,18)19/h9H,5-8,13H2,1-4H3. The van der Waals surface area contributed by atoms with Crippen LogP contribution in [0.1, 0.15) is 25.6 Å². The summed E-state index contributed by atoms with van der Waals surface area (Å²) in [5.74, 6) is 0.908. The van der Waals surface area contributed by atoms with Crippen molar-refractivity contribution >= 4 is 21.5 Å². The van der Waals surface area contributed by atoms with E-state index in [0.29, 0.717) is 31.9 Å². The number of hydrogen-bond acceptors (Lipinski definition) is 5. The predicted molar refractivity (Wildman–Crippen MR) is 80.4 cm³/mol. The highest BCUT2D eigenvalue weighted by Gasteiger charge is 2.27.